The first-order valence-corrected chi connectivity index (χ1v) is 7.06. The lowest BCUT2D eigenvalue weighted by molar-refractivity contribution is 0.669. The van der Waals surface area contributed by atoms with Crippen LogP contribution >= 0.6 is 0 Å². The SMILES string of the molecule is Cc1ccc2oc3ccccc3c2c1Nc1ccccc1. The highest BCUT2D eigenvalue weighted by Gasteiger charge is 2.12. The molecule has 0 spiro atoms. The second kappa shape index (κ2) is 4.67. The minimum absolute atomic E-state index is 0.917. The topological polar surface area (TPSA) is 25.2 Å². The number of hydrogen-bond acceptors (Lipinski definition) is 2. The highest BCUT2D eigenvalue weighted by molar-refractivity contribution is 6.12. The van der Waals surface area contributed by atoms with Crippen molar-refractivity contribution in [2.45, 2.75) is 6.92 Å². The van der Waals surface area contributed by atoms with Gasteiger partial charge in [-0.05, 0) is 36.8 Å². The number of aryl methyl sites for hydroxylation is 1. The molecule has 1 N–H and O–H groups in total. The molecule has 0 atom stereocenters. The summed E-state index contributed by atoms with van der Waals surface area (Å²) in [5, 5.41) is 5.83. The molecule has 4 aromatic rings. The minimum Gasteiger partial charge on any atom is -0.456 e. The van der Waals surface area contributed by atoms with Crippen LogP contribution in [0.5, 0.6) is 0 Å². The third-order valence-electron chi connectivity index (χ3n) is 3.79. The van der Waals surface area contributed by atoms with Gasteiger partial charge in [0.1, 0.15) is 11.2 Å². The maximum atomic E-state index is 5.95. The van der Waals surface area contributed by atoms with Crippen molar-refractivity contribution in [3.63, 3.8) is 0 Å². The summed E-state index contributed by atoms with van der Waals surface area (Å²) in [6.07, 6.45) is 0. The molecule has 0 aliphatic carbocycles. The third kappa shape index (κ3) is 1.96. The quantitative estimate of drug-likeness (QED) is 0.511. The molecule has 2 heteroatoms. The Bertz CT molecular complexity index is 922. The van der Waals surface area contributed by atoms with E-state index in [1.165, 1.54) is 5.56 Å². The van der Waals surface area contributed by atoms with E-state index < -0.39 is 0 Å². The standard InChI is InChI=1S/C19H15NO/c1-13-11-12-17-18(15-9-5-6-10-16(15)21-17)19(13)20-14-7-3-2-4-8-14/h2-12,20H,1H3. The Balaban J connectivity index is 2.00. The molecule has 0 saturated heterocycles. The summed E-state index contributed by atoms with van der Waals surface area (Å²) in [6.45, 7) is 2.12. The van der Waals surface area contributed by atoms with E-state index in [0.717, 1.165) is 33.3 Å². The van der Waals surface area contributed by atoms with Crippen LogP contribution in [-0.4, -0.2) is 0 Å². The average Bonchev–Trinajstić information content (AvgIpc) is 2.90. The molecule has 4 rings (SSSR count). The molecule has 0 unspecified atom stereocenters. The zero-order chi connectivity index (χ0) is 14.2. The van der Waals surface area contributed by atoms with Gasteiger partial charge in [-0.15, -0.1) is 0 Å². The van der Waals surface area contributed by atoms with E-state index in [-0.39, 0.29) is 0 Å². The molecule has 0 saturated carbocycles. The average molecular weight is 273 g/mol. The Hall–Kier alpha value is -2.74. The van der Waals surface area contributed by atoms with Gasteiger partial charge < -0.3 is 9.73 Å². The van der Waals surface area contributed by atoms with Crippen LogP contribution in [0.15, 0.2) is 71.1 Å². The van der Waals surface area contributed by atoms with Crippen molar-refractivity contribution in [3.8, 4) is 0 Å². The van der Waals surface area contributed by atoms with E-state index in [4.69, 9.17) is 4.42 Å². The summed E-state index contributed by atoms with van der Waals surface area (Å²) in [4.78, 5) is 0. The summed E-state index contributed by atoms with van der Waals surface area (Å²) >= 11 is 0. The van der Waals surface area contributed by atoms with Crippen LogP contribution in [-0.2, 0) is 0 Å². The first kappa shape index (κ1) is 12.0. The predicted octanol–water partition coefficient (Wildman–Crippen LogP) is 5.64. The van der Waals surface area contributed by atoms with E-state index in [9.17, 15) is 0 Å². The van der Waals surface area contributed by atoms with Gasteiger partial charge in [-0.1, -0.05) is 42.5 Å². The van der Waals surface area contributed by atoms with Gasteiger partial charge in [0, 0.05) is 11.1 Å². The van der Waals surface area contributed by atoms with Crippen LogP contribution in [0.2, 0.25) is 0 Å². The van der Waals surface area contributed by atoms with Crippen LogP contribution in [0.25, 0.3) is 21.9 Å². The number of para-hydroxylation sites is 2. The van der Waals surface area contributed by atoms with Crippen LogP contribution < -0.4 is 5.32 Å². The zero-order valence-electron chi connectivity index (χ0n) is 11.8. The fourth-order valence-corrected chi connectivity index (χ4v) is 2.75. The number of hydrogen-bond donors (Lipinski definition) is 1. The lowest BCUT2D eigenvalue weighted by Crippen LogP contribution is -1.93. The summed E-state index contributed by atoms with van der Waals surface area (Å²) in [5.41, 5.74) is 5.24. The van der Waals surface area contributed by atoms with Gasteiger partial charge >= 0.3 is 0 Å². The van der Waals surface area contributed by atoms with Crippen LogP contribution in [0.3, 0.4) is 0 Å². The van der Waals surface area contributed by atoms with Crippen molar-refractivity contribution in [3.05, 3.63) is 72.3 Å². The molecular weight excluding hydrogens is 258 g/mol. The molecule has 0 radical (unpaired) electrons. The maximum absolute atomic E-state index is 5.95. The van der Waals surface area contributed by atoms with Gasteiger partial charge in [-0.25, -0.2) is 0 Å². The molecule has 102 valence electrons. The number of anilines is 2. The van der Waals surface area contributed by atoms with Gasteiger partial charge in [0.05, 0.1) is 11.1 Å². The monoisotopic (exact) mass is 273 g/mol. The minimum atomic E-state index is 0.917. The number of furan rings is 1. The predicted molar refractivity (Wildman–Crippen MR) is 88.2 cm³/mol. The molecule has 1 heterocycles. The summed E-state index contributed by atoms with van der Waals surface area (Å²) < 4.78 is 5.95. The van der Waals surface area contributed by atoms with Gasteiger partial charge in [0.15, 0.2) is 0 Å². The van der Waals surface area contributed by atoms with Crippen molar-refractivity contribution in [1.82, 2.24) is 0 Å². The van der Waals surface area contributed by atoms with E-state index in [0.29, 0.717) is 0 Å². The highest BCUT2D eigenvalue weighted by Crippen LogP contribution is 2.37. The molecule has 0 aliphatic heterocycles. The Labute approximate surface area is 123 Å². The molecule has 0 amide bonds. The van der Waals surface area contributed by atoms with Crippen molar-refractivity contribution in [1.29, 1.82) is 0 Å². The van der Waals surface area contributed by atoms with Crippen molar-refractivity contribution >= 4 is 33.3 Å². The molecule has 1 aromatic heterocycles. The largest absolute Gasteiger partial charge is 0.456 e. The van der Waals surface area contributed by atoms with Crippen molar-refractivity contribution in [2.24, 2.45) is 0 Å². The molecule has 21 heavy (non-hydrogen) atoms. The first-order valence-electron chi connectivity index (χ1n) is 7.06. The Kier molecular flexibility index (Phi) is 2.68. The Morgan fingerprint density at radius 2 is 1.52 bits per heavy atom. The van der Waals surface area contributed by atoms with E-state index in [2.05, 4.69) is 36.5 Å². The fourth-order valence-electron chi connectivity index (χ4n) is 2.75. The lowest BCUT2D eigenvalue weighted by atomic mass is 10.1. The highest BCUT2D eigenvalue weighted by atomic mass is 16.3. The summed E-state index contributed by atoms with van der Waals surface area (Å²) in [7, 11) is 0. The Morgan fingerprint density at radius 1 is 0.762 bits per heavy atom. The van der Waals surface area contributed by atoms with Crippen LogP contribution in [0.1, 0.15) is 5.56 Å². The molecular formula is C19H15NO. The normalized spacial score (nSPS) is 11.1. The zero-order valence-corrected chi connectivity index (χ0v) is 11.8. The molecule has 0 fully saturated rings. The second-order valence-electron chi connectivity index (χ2n) is 5.22. The third-order valence-corrected chi connectivity index (χ3v) is 3.79. The summed E-state index contributed by atoms with van der Waals surface area (Å²) in [5.74, 6) is 0. The van der Waals surface area contributed by atoms with Gasteiger partial charge in [-0.2, -0.15) is 0 Å². The smallest absolute Gasteiger partial charge is 0.137 e. The summed E-state index contributed by atoms with van der Waals surface area (Å²) in [6, 6.07) is 22.5. The number of nitrogens with one attached hydrogen (secondary N) is 1. The van der Waals surface area contributed by atoms with Crippen LogP contribution in [0, 0.1) is 6.92 Å². The molecule has 2 nitrogen and oxygen atoms in total. The van der Waals surface area contributed by atoms with E-state index in [1.54, 1.807) is 0 Å². The first-order chi connectivity index (χ1) is 10.3. The van der Waals surface area contributed by atoms with Gasteiger partial charge in [-0.3, -0.25) is 0 Å². The van der Waals surface area contributed by atoms with Crippen molar-refractivity contribution < 1.29 is 4.42 Å². The van der Waals surface area contributed by atoms with Crippen LogP contribution in [0.4, 0.5) is 11.4 Å². The number of benzene rings is 3. The number of fused-ring (bicyclic) bond motifs is 3. The molecule has 0 aliphatic rings. The van der Waals surface area contributed by atoms with E-state index >= 15 is 0 Å². The van der Waals surface area contributed by atoms with Gasteiger partial charge in [0.2, 0.25) is 0 Å². The fraction of sp³-hybridized carbons (Fsp3) is 0.0526. The second-order valence-corrected chi connectivity index (χ2v) is 5.22. The number of rotatable bonds is 2. The van der Waals surface area contributed by atoms with Crippen molar-refractivity contribution in [2.75, 3.05) is 5.32 Å². The van der Waals surface area contributed by atoms with E-state index in [1.807, 2.05) is 42.5 Å². The molecule has 0 bridgehead atoms. The Morgan fingerprint density at radius 3 is 2.38 bits per heavy atom. The lowest BCUT2D eigenvalue weighted by Gasteiger charge is -2.11. The maximum Gasteiger partial charge on any atom is 0.137 e. The molecule has 3 aromatic carbocycles. The van der Waals surface area contributed by atoms with Gasteiger partial charge in [0.25, 0.3) is 0 Å².